The van der Waals surface area contributed by atoms with E-state index in [0.717, 1.165) is 35.0 Å². The number of aromatic nitrogens is 1. The van der Waals surface area contributed by atoms with Gasteiger partial charge in [0.05, 0.1) is 22.2 Å². The average Bonchev–Trinajstić information content (AvgIpc) is 2.98. The lowest BCUT2D eigenvalue weighted by Gasteiger charge is -2.39. The van der Waals surface area contributed by atoms with E-state index in [1.54, 1.807) is 4.90 Å². The van der Waals surface area contributed by atoms with Crippen LogP contribution in [0.15, 0.2) is 0 Å². The largest absolute Gasteiger partial charge is 0.324 e. The van der Waals surface area contributed by atoms with Crippen molar-refractivity contribution in [2.75, 3.05) is 29.9 Å². The highest BCUT2D eigenvalue weighted by atomic mass is 32.2. The topological polar surface area (TPSA) is 79.4 Å². The second-order valence-corrected chi connectivity index (χ2v) is 11.3. The van der Waals surface area contributed by atoms with Crippen LogP contribution in [0.4, 0.5) is 9.80 Å². The van der Waals surface area contributed by atoms with Crippen LogP contribution in [0.2, 0.25) is 0 Å². The van der Waals surface area contributed by atoms with E-state index in [1.165, 1.54) is 11.3 Å². The number of carbonyl (C=O) groups is 1. The lowest BCUT2D eigenvalue weighted by atomic mass is 9.80. The van der Waals surface area contributed by atoms with Gasteiger partial charge in [-0.2, -0.15) is 0 Å². The van der Waals surface area contributed by atoms with Crippen LogP contribution >= 0.6 is 11.3 Å². The summed E-state index contributed by atoms with van der Waals surface area (Å²) in [5.74, 6) is 0.955. The molecule has 0 radical (unpaired) electrons. The van der Waals surface area contributed by atoms with Gasteiger partial charge in [0.15, 0.2) is 9.84 Å². The minimum Gasteiger partial charge on any atom is -0.324 e. The first kappa shape index (κ1) is 18.6. The number of nitrogens with one attached hydrogen (secondary N) is 1. The standard InChI is InChI=1S/C17H27N3O3S2/c1-12(2)9-14-15(24-13(3)18-14)19-16(21)20-7-4-5-17(10-20)6-8-25(22,23)11-17/h12H,4-11H2,1-3H3,(H,19,21). The van der Waals surface area contributed by atoms with Crippen molar-refractivity contribution in [2.45, 2.75) is 46.5 Å². The summed E-state index contributed by atoms with van der Waals surface area (Å²) in [5.41, 5.74) is 0.708. The SMILES string of the molecule is Cc1nc(CC(C)C)c(NC(=O)N2CCCC3(CCS(=O)(=O)C3)C2)s1. The zero-order valence-corrected chi connectivity index (χ0v) is 16.8. The average molecular weight is 386 g/mol. The molecular weight excluding hydrogens is 358 g/mol. The molecule has 3 rings (SSSR count). The summed E-state index contributed by atoms with van der Waals surface area (Å²) in [6.07, 6.45) is 3.28. The Labute approximate surface area is 153 Å². The van der Waals surface area contributed by atoms with Gasteiger partial charge in [-0.3, -0.25) is 5.32 Å². The van der Waals surface area contributed by atoms with E-state index in [1.807, 2.05) is 6.92 Å². The molecule has 1 N–H and O–H groups in total. The summed E-state index contributed by atoms with van der Waals surface area (Å²) >= 11 is 1.51. The summed E-state index contributed by atoms with van der Waals surface area (Å²) in [4.78, 5) is 19.1. The zero-order chi connectivity index (χ0) is 18.2. The highest BCUT2D eigenvalue weighted by Gasteiger charge is 2.45. The fourth-order valence-electron chi connectivity index (χ4n) is 3.96. The number of urea groups is 1. The number of carbonyl (C=O) groups excluding carboxylic acids is 1. The number of likely N-dealkylation sites (tertiary alicyclic amines) is 1. The third-order valence-corrected chi connectivity index (χ3v) is 7.85. The molecule has 1 unspecified atom stereocenters. The van der Waals surface area contributed by atoms with Crippen LogP contribution in [0.1, 0.15) is 43.8 Å². The van der Waals surface area contributed by atoms with Gasteiger partial charge in [0.1, 0.15) is 5.00 Å². The van der Waals surface area contributed by atoms with Crippen molar-refractivity contribution in [3.05, 3.63) is 10.7 Å². The third-order valence-electron chi connectivity index (χ3n) is 5.04. The molecule has 6 nitrogen and oxygen atoms in total. The monoisotopic (exact) mass is 385 g/mol. The van der Waals surface area contributed by atoms with Gasteiger partial charge in [-0.25, -0.2) is 18.2 Å². The second-order valence-electron chi connectivity index (χ2n) is 7.90. The van der Waals surface area contributed by atoms with Crippen molar-refractivity contribution in [1.29, 1.82) is 0 Å². The molecule has 0 bridgehead atoms. The molecule has 1 aromatic rings. The molecule has 3 heterocycles. The van der Waals surface area contributed by atoms with E-state index in [9.17, 15) is 13.2 Å². The molecule has 0 saturated carbocycles. The smallest absolute Gasteiger partial charge is 0.322 e. The lowest BCUT2D eigenvalue weighted by Crippen LogP contribution is -2.48. The van der Waals surface area contributed by atoms with Crippen molar-refractivity contribution < 1.29 is 13.2 Å². The Balaban J connectivity index is 1.70. The van der Waals surface area contributed by atoms with E-state index >= 15 is 0 Å². The normalized spacial score (nSPS) is 25.7. The highest BCUT2D eigenvalue weighted by molar-refractivity contribution is 7.91. The number of piperidine rings is 1. The van der Waals surface area contributed by atoms with Gasteiger partial charge in [-0.15, -0.1) is 11.3 Å². The maximum absolute atomic E-state index is 12.8. The van der Waals surface area contributed by atoms with Crippen LogP contribution in [0, 0.1) is 18.3 Å². The molecule has 1 aromatic heterocycles. The Bertz CT molecular complexity index is 757. The molecule has 1 atom stereocenters. The number of amides is 2. The number of sulfone groups is 1. The van der Waals surface area contributed by atoms with Crippen LogP contribution in [0.5, 0.6) is 0 Å². The summed E-state index contributed by atoms with van der Waals surface area (Å²) in [6, 6.07) is -0.128. The minimum atomic E-state index is -2.95. The Morgan fingerprint density at radius 1 is 1.40 bits per heavy atom. The van der Waals surface area contributed by atoms with Gasteiger partial charge < -0.3 is 4.90 Å². The first-order valence-corrected chi connectivity index (χ1v) is 11.5. The molecule has 140 valence electrons. The van der Waals surface area contributed by atoms with Crippen molar-refractivity contribution in [2.24, 2.45) is 11.3 Å². The Kier molecular flexibility index (Phi) is 5.12. The van der Waals surface area contributed by atoms with E-state index in [2.05, 4.69) is 24.1 Å². The van der Waals surface area contributed by atoms with E-state index < -0.39 is 9.84 Å². The van der Waals surface area contributed by atoms with E-state index in [-0.39, 0.29) is 23.0 Å². The van der Waals surface area contributed by atoms with Gasteiger partial charge in [0, 0.05) is 18.5 Å². The maximum Gasteiger partial charge on any atom is 0.322 e. The molecule has 0 aliphatic carbocycles. The van der Waals surface area contributed by atoms with Crippen LogP contribution in [0.25, 0.3) is 0 Å². The molecule has 1 spiro atoms. The van der Waals surface area contributed by atoms with E-state index in [4.69, 9.17) is 0 Å². The third kappa shape index (κ3) is 4.34. The zero-order valence-electron chi connectivity index (χ0n) is 15.2. The molecule has 2 aliphatic rings. The fourth-order valence-corrected chi connectivity index (χ4v) is 6.99. The molecule has 2 aliphatic heterocycles. The molecule has 2 fully saturated rings. The number of nitrogens with zero attached hydrogens (tertiary/aromatic N) is 2. The molecule has 25 heavy (non-hydrogen) atoms. The number of thiazole rings is 1. The van der Waals surface area contributed by atoms with E-state index in [0.29, 0.717) is 25.4 Å². The minimum absolute atomic E-state index is 0.128. The van der Waals surface area contributed by atoms with Crippen LogP contribution < -0.4 is 5.32 Å². The maximum atomic E-state index is 12.8. The van der Waals surface area contributed by atoms with Crippen molar-refractivity contribution in [1.82, 2.24) is 9.88 Å². The van der Waals surface area contributed by atoms with Gasteiger partial charge >= 0.3 is 6.03 Å². The van der Waals surface area contributed by atoms with Gasteiger partial charge in [0.25, 0.3) is 0 Å². The number of anilines is 1. The summed E-state index contributed by atoms with van der Waals surface area (Å²) in [6.45, 7) is 7.44. The van der Waals surface area contributed by atoms with Crippen LogP contribution in [0.3, 0.4) is 0 Å². The highest BCUT2D eigenvalue weighted by Crippen LogP contribution is 2.40. The first-order chi connectivity index (χ1) is 11.7. The van der Waals surface area contributed by atoms with Crippen molar-refractivity contribution in [3.8, 4) is 0 Å². The number of hydrogen-bond acceptors (Lipinski definition) is 5. The van der Waals surface area contributed by atoms with Crippen molar-refractivity contribution in [3.63, 3.8) is 0 Å². The predicted molar refractivity (Wildman–Crippen MR) is 101 cm³/mol. The van der Waals surface area contributed by atoms with Crippen molar-refractivity contribution >= 4 is 32.2 Å². The number of hydrogen-bond donors (Lipinski definition) is 1. The second kappa shape index (κ2) is 6.87. The summed E-state index contributed by atoms with van der Waals surface area (Å²) in [5, 5.41) is 4.80. The lowest BCUT2D eigenvalue weighted by molar-refractivity contribution is 0.130. The fraction of sp³-hybridized carbons (Fsp3) is 0.765. The molecule has 2 amide bonds. The van der Waals surface area contributed by atoms with Crippen LogP contribution in [-0.2, 0) is 16.3 Å². The predicted octanol–water partition coefficient (Wildman–Crippen LogP) is 3.08. The molecule has 0 aromatic carbocycles. The van der Waals surface area contributed by atoms with Crippen LogP contribution in [-0.4, -0.2) is 48.9 Å². The Hall–Kier alpha value is -1.15. The Morgan fingerprint density at radius 3 is 2.80 bits per heavy atom. The summed E-state index contributed by atoms with van der Waals surface area (Å²) in [7, 11) is -2.95. The molecule has 2 saturated heterocycles. The molecule has 8 heteroatoms. The quantitative estimate of drug-likeness (QED) is 0.867. The number of aryl methyl sites for hydroxylation is 1. The number of rotatable bonds is 3. The first-order valence-electron chi connectivity index (χ1n) is 8.91. The summed E-state index contributed by atoms with van der Waals surface area (Å²) < 4.78 is 23.8. The van der Waals surface area contributed by atoms with Gasteiger partial charge in [-0.1, -0.05) is 13.8 Å². The molecular formula is C17H27N3O3S2. The van der Waals surface area contributed by atoms with Gasteiger partial charge in [-0.05, 0) is 38.5 Å². The Morgan fingerprint density at radius 2 is 2.16 bits per heavy atom. The van der Waals surface area contributed by atoms with Gasteiger partial charge in [0.2, 0.25) is 0 Å².